The Labute approximate surface area is 172 Å². The summed E-state index contributed by atoms with van der Waals surface area (Å²) in [4.78, 5) is 17.9. The molecule has 2 aromatic heterocycles. The number of carbonyl (C=O) groups is 1. The minimum Gasteiger partial charge on any atom is -0.326 e. The van der Waals surface area contributed by atoms with Crippen molar-refractivity contribution < 1.29 is 9.18 Å². The van der Waals surface area contributed by atoms with Crippen LogP contribution in [0.25, 0.3) is 16.2 Å². The minimum atomic E-state index is -0.377. The second-order valence-corrected chi connectivity index (χ2v) is 7.38. The molecule has 0 spiro atoms. The molecule has 1 N–H and O–H groups in total. The molecule has 4 rings (SSSR count). The van der Waals surface area contributed by atoms with Gasteiger partial charge in [-0.05, 0) is 49.2 Å². The van der Waals surface area contributed by atoms with Crippen molar-refractivity contribution in [2.45, 2.75) is 20.3 Å². The summed E-state index contributed by atoms with van der Waals surface area (Å²) in [6.07, 6.45) is 2.15. The first-order valence-corrected chi connectivity index (χ1v) is 9.46. The van der Waals surface area contributed by atoms with Crippen LogP contribution in [-0.2, 0) is 11.2 Å². The van der Waals surface area contributed by atoms with Gasteiger partial charge in [-0.25, -0.2) is 9.37 Å². The summed E-state index contributed by atoms with van der Waals surface area (Å²) in [5.74, 6) is -0.569. The molecule has 0 unspecified atom stereocenters. The highest BCUT2D eigenvalue weighted by Crippen LogP contribution is 2.25. The lowest BCUT2D eigenvalue weighted by atomic mass is 10.0. The quantitative estimate of drug-likeness (QED) is 0.483. The third-order valence-corrected chi connectivity index (χ3v) is 5.42. The Balaban J connectivity index is 0.00000225. The van der Waals surface area contributed by atoms with E-state index in [4.69, 9.17) is 0 Å². The Hall–Kier alpha value is -2.70. The second kappa shape index (κ2) is 8.12. The van der Waals surface area contributed by atoms with Crippen LogP contribution in [0.2, 0.25) is 0 Å². The average Bonchev–Trinajstić information content (AvgIpc) is 3.19. The predicted molar refractivity (Wildman–Crippen MR) is 114 cm³/mol. The summed E-state index contributed by atoms with van der Waals surface area (Å²) in [7, 11) is 0. The lowest BCUT2D eigenvalue weighted by Crippen LogP contribution is -2.15. The van der Waals surface area contributed by atoms with E-state index in [-0.39, 0.29) is 30.6 Å². The maximum absolute atomic E-state index is 13.3. The average molecular weight is 416 g/mol. The van der Waals surface area contributed by atoms with E-state index in [9.17, 15) is 9.18 Å². The summed E-state index contributed by atoms with van der Waals surface area (Å²) >= 11 is 1.50. The zero-order chi connectivity index (χ0) is 19.0. The van der Waals surface area contributed by atoms with Crippen LogP contribution in [0.4, 0.5) is 10.1 Å². The largest absolute Gasteiger partial charge is 0.326 e. The molecule has 0 saturated heterocycles. The number of thiazole rings is 1. The summed E-state index contributed by atoms with van der Waals surface area (Å²) in [5, 5.41) is 4.66. The van der Waals surface area contributed by atoms with E-state index in [2.05, 4.69) is 42.3 Å². The van der Waals surface area contributed by atoms with E-state index in [1.54, 1.807) is 12.1 Å². The van der Waals surface area contributed by atoms with Gasteiger partial charge in [-0.2, -0.15) is 0 Å². The van der Waals surface area contributed by atoms with Gasteiger partial charge in [-0.3, -0.25) is 9.20 Å². The SMILES string of the molecule is Cc1ccc(-c2cn3c(CC(=O)Nc4cccc(F)c4)csc3n2)cc1C.Cl. The number of amides is 1. The van der Waals surface area contributed by atoms with Gasteiger partial charge in [0.2, 0.25) is 5.91 Å². The highest BCUT2D eigenvalue weighted by molar-refractivity contribution is 7.15. The molecule has 4 nitrogen and oxygen atoms in total. The number of imidazole rings is 1. The zero-order valence-corrected chi connectivity index (χ0v) is 17.0. The number of nitrogens with one attached hydrogen (secondary N) is 1. The maximum atomic E-state index is 13.3. The molecule has 0 aliphatic rings. The van der Waals surface area contributed by atoms with Crippen LogP contribution in [0.5, 0.6) is 0 Å². The standard InChI is InChI=1S/C21H18FN3OS.ClH/c1-13-6-7-15(8-14(13)2)19-11-25-18(12-27-21(25)24-19)10-20(26)23-17-5-3-4-16(22)9-17;/h3-9,11-12H,10H2,1-2H3,(H,23,26);1H. The van der Waals surface area contributed by atoms with Crippen molar-refractivity contribution in [3.63, 3.8) is 0 Å². The first kappa shape index (κ1) is 20.0. The molecular weight excluding hydrogens is 397 g/mol. The number of aromatic nitrogens is 2. The monoisotopic (exact) mass is 415 g/mol. The molecule has 1 amide bonds. The van der Waals surface area contributed by atoms with Crippen LogP contribution in [-0.4, -0.2) is 15.3 Å². The molecule has 0 fully saturated rings. The summed E-state index contributed by atoms with van der Waals surface area (Å²) < 4.78 is 15.2. The molecule has 28 heavy (non-hydrogen) atoms. The lowest BCUT2D eigenvalue weighted by molar-refractivity contribution is -0.115. The number of benzene rings is 2. The van der Waals surface area contributed by atoms with Gasteiger partial charge in [0.05, 0.1) is 12.1 Å². The predicted octanol–water partition coefficient (Wildman–Crippen LogP) is 5.42. The molecule has 144 valence electrons. The number of anilines is 1. The van der Waals surface area contributed by atoms with Gasteiger partial charge in [0.1, 0.15) is 5.82 Å². The zero-order valence-electron chi connectivity index (χ0n) is 15.4. The first-order valence-electron chi connectivity index (χ1n) is 8.58. The Kier molecular flexibility index (Phi) is 5.82. The van der Waals surface area contributed by atoms with Crippen LogP contribution in [0.3, 0.4) is 0 Å². The summed E-state index contributed by atoms with van der Waals surface area (Å²) in [6.45, 7) is 4.17. The molecule has 0 radical (unpaired) electrons. The maximum Gasteiger partial charge on any atom is 0.230 e. The smallest absolute Gasteiger partial charge is 0.230 e. The van der Waals surface area contributed by atoms with Crippen molar-refractivity contribution >= 4 is 40.3 Å². The number of hydrogen-bond acceptors (Lipinski definition) is 3. The molecule has 2 heterocycles. The van der Waals surface area contributed by atoms with Gasteiger partial charge < -0.3 is 5.32 Å². The fourth-order valence-electron chi connectivity index (χ4n) is 2.93. The van der Waals surface area contributed by atoms with Gasteiger partial charge in [0.15, 0.2) is 4.96 Å². The fraction of sp³-hybridized carbons (Fsp3) is 0.143. The molecule has 0 saturated carbocycles. The van der Waals surface area contributed by atoms with Crippen molar-refractivity contribution in [3.05, 3.63) is 76.7 Å². The van der Waals surface area contributed by atoms with Crippen molar-refractivity contribution in [2.24, 2.45) is 0 Å². The van der Waals surface area contributed by atoms with E-state index in [1.165, 1.54) is 34.6 Å². The highest BCUT2D eigenvalue weighted by atomic mass is 35.5. The number of halogens is 2. The van der Waals surface area contributed by atoms with Crippen LogP contribution in [0.1, 0.15) is 16.8 Å². The Bertz CT molecular complexity index is 1150. The number of fused-ring (bicyclic) bond motifs is 1. The van der Waals surface area contributed by atoms with E-state index in [0.29, 0.717) is 5.69 Å². The van der Waals surface area contributed by atoms with Gasteiger partial charge in [0.25, 0.3) is 0 Å². The molecule has 7 heteroatoms. The van der Waals surface area contributed by atoms with Crippen LogP contribution >= 0.6 is 23.7 Å². The molecule has 0 aliphatic carbocycles. The van der Waals surface area contributed by atoms with Crippen LogP contribution in [0.15, 0.2) is 54.0 Å². The van der Waals surface area contributed by atoms with E-state index in [0.717, 1.165) is 21.9 Å². The van der Waals surface area contributed by atoms with Crippen molar-refractivity contribution in [1.29, 1.82) is 0 Å². The fourth-order valence-corrected chi connectivity index (χ4v) is 3.81. The van der Waals surface area contributed by atoms with Crippen LogP contribution < -0.4 is 5.32 Å². The summed E-state index contributed by atoms with van der Waals surface area (Å²) in [6, 6.07) is 12.2. The first-order chi connectivity index (χ1) is 13.0. The van der Waals surface area contributed by atoms with Gasteiger partial charge in [0, 0.05) is 28.5 Å². The molecular formula is C21H19ClFN3OS. The van der Waals surface area contributed by atoms with Crippen molar-refractivity contribution in [3.8, 4) is 11.3 Å². The summed E-state index contributed by atoms with van der Waals surface area (Å²) in [5.41, 5.74) is 5.72. The molecule has 4 aromatic rings. The highest BCUT2D eigenvalue weighted by Gasteiger charge is 2.13. The van der Waals surface area contributed by atoms with Gasteiger partial charge in [-0.15, -0.1) is 23.7 Å². The van der Waals surface area contributed by atoms with Crippen molar-refractivity contribution in [1.82, 2.24) is 9.38 Å². The topological polar surface area (TPSA) is 46.4 Å². The van der Waals surface area contributed by atoms with Crippen LogP contribution in [0, 0.1) is 19.7 Å². The Morgan fingerprint density at radius 1 is 1.18 bits per heavy atom. The third kappa shape index (κ3) is 4.08. The number of rotatable bonds is 4. The van der Waals surface area contributed by atoms with E-state index < -0.39 is 0 Å². The number of hydrogen-bond donors (Lipinski definition) is 1. The molecule has 0 aliphatic heterocycles. The number of carbonyl (C=O) groups excluding carboxylic acids is 1. The van der Waals surface area contributed by atoms with Gasteiger partial charge >= 0.3 is 0 Å². The minimum absolute atomic E-state index is 0. The molecule has 0 atom stereocenters. The normalized spacial score (nSPS) is 10.7. The van der Waals surface area contributed by atoms with Gasteiger partial charge in [-0.1, -0.05) is 18.2 Å². The molecule has 0 bridgehead atoms. The Morgan fingerprint density at radius 2 is 2.00 bits per heavy atom. The Morgan fingerprint density at radius 3 is 2.75 bits per heavy atom. The lowest BCUT2D eigenvalue weighted by Gasteiger charge is -2.05. The number of nitrogens with zero attached hydrogens (tertiary/aromatic N) is 2. The van der Waals surface area contributed by atoms with E-state index in [1.807, 2.05) is 16.0 Å². The second-order valence-electron chi connectivity index (χ2n) is 6.54. The number of aryl methyl sites for hydroxylation is 2. The third-order valence-electron chi connectivity index (χ3n) is 4.54. The molecule has 2 aromatic carbocycles. The van der Waals surface area contributed by atoms with E-state index >= 15 is 0 Å². The van der Waals surface area contributed by atoms with Crippen molar-refractivity contribution in [2.75, 3.05) is 5.32 Å².